The Kier molecular flexibility index (Phi) is 5.11. The highest BCUT2D eigenvalue weighted by Crippen LogP contribution is 2.35. The number of carbonyl (C=O) groups is 2. The van der Waals surface area contributed by atoms with Crippen LogP contribution in [-0.2, 0) is 11.3 Å². The Labute approximate surface area is 158 Å². The Bertz CT molecular complexity index is 941. The zero-order valence-electron chi connectivity index (χ0n) is 13.6. The number of aryl methyl sites for hydroxylation is 1. The van der Waals surface area contributed by atoms with Crippen molar-refractivity contribution in [1.29, 1.82) is 0 Å². The van der Waals surface area contributed by atoms with E-state index in [9.17, 15) is 19.7 Å². The molecule has 0 N–H and O–H groups in total. The van der Waals surface area contributed by atoms with Crippen LogP contribution in [-0.4, -0.2) is 21.0 Å². The molecule has 0 radical (unpaired) electrons. The first-order valence-corrected chi connectivity index (χ1v) is 8.79. The maximum atomic E-state index is 12.6. The molecule has 2 amide bonds. The molecular weight excluding hydrogens is 376 g/mol. The lowest BCUT2D eigenvalue weighted by Crippen LogP contribution is -2.27. The van der Waals surface area contributed by atoms with E-state index in [-0.39, 0.29) is 27.4 Å². The number of hydrogen-bond donors (Lipinski definition) is 0. The topological polar surface area (TPSA) is 80.5 Å². The number of hydrogen-bond acceptors (Lipinski definition) is 5. The second kappa shape index (κ2) is 7.31. The van der Waals surface area contributed by atoms with E-state index < -0.39 is 10.8 Å². The number of nitrogens with zero attached hydrogens (tertiary/aromatic N) is 2. The molecule has 1 heterocycles. The summed E-state index contributed by atoms with van der Waals surface area (Å²) in [6, 6.07) is 11.5. The molecule has 0 saturated carbocycles. The lowest BCUT2D eigenvalue weighted by molar-refractivity contribution is -0.384. The molecule has 2 aromatic carbocycles. The number of imide groups is 1. The average Bonchev–Trinajstić information content (AvgIpc) is 2.86. The van der Waals surface area contributed by atoms with Crippen LogP contribution in [0.1, 0.15) is 16.7 Å². The maximum absolute atomic E-state index is 12.6. The van der Waals surface area contributed by atoms with Crippen molar-refractivity contribution in [1.82, 2.24) is 4.90 Å². The van der Waals surface area contributed by atoms with Gasteiger partial charge in [0.25, 0.3) is 16.8 Å². The summed E-state index contributed by atoms with van der Waals surface area (Å²) in [5.41, 5.74) is 2.11. The number of non-ortho nitro benzene ring substituents is 1. The van der Waals surface area contributed by atoms with E-state index in [0.717, 1.165) is 27.8 Å². The quantitative estimate of drug-likeness (QED) is 0.427. The molecule has 2 aromatic rings. The molecule has 0 aliphatic carbocycles. The number of benzene rings is 2. The highest BCUT2D eigenvalue weighted by Gasteiger charge is 2.35. The van der Waals surface area contributed by atoms with Crippen LogP contribution in [0.4, 0.5) is 10.5 Å². The summed E-state index contributed by atoms with van der Waals surface area (Å²) in [5, 5.41) is 10.8. The number of amides is 2. The van der Waals surface area contributed by atoms with E-state index in [0.29, 0.717) is 5.56 Å². The average molecular weight is 389 g/mol. The first-order chi connectivity index (χ1) is 12.3. The van der Waals surface area contributed by atoms with Gasteiger partial charge in [-0.2, -0.15) is 0 Å². The molecule has 0 unspecified atom stereocenters. The first-order valence-electron chi connectivity index (χ1n) is 7.60. The summed E-state index contributed by atoms with van der Waals surface area (Å²) in [7, 11) is 0. The SMILES string of the molecule is Cc1ccc(CN2C(=O)SC(=Cc3cc([N+](=O)[O-])ccc3Cl)C2=O)cc1. The summed E-state index contributed by atoms with van der Waals surface area (Å²) in [5.74, 6) is -0.442. The van der Waals surface area contributed by atoms with Gasteiger partial charge in [-0.1, -0.05) is 41.4 Å². The largest absolute Gasteiger partial charge is 0.293 e. The molecule has 0 spiro atoms. The third kappa shape index (κ3) is 3.79. The fraction of sp³-hybridized carbons (Fsp3) is 0.111. The van der Waals surface area contributed by atoms with Crippen LogP contribution >= 0.6 is 23.4 Å². The minimum absolute atomic E-state index is 0.139. The standard InChI is InChI=1S/C18H13ClN2O4S/c1-11-2-4-12(5-3-11)10-20-17(22)16(26-18(20)23)9-13-8-14(21(24)25)6-7-15(13)19/h2-9H,10H2,1H3. The van der Waals surface area contributed by atoms with E-state index in [1.54, 1.807) is 0 Å². The Balaban J connectivity index is 1.86. The van der Waals surface area contributed by atoms with E-state index >= 15 is 0 Å². The summed E-state index contributed by atoms with van der Waals surface area (Å²) < 4.78 is 0. The second-order valence-corrected chi connectivity index (χ2v) is 7.12. The molecular formula is C18H13ClN2O4S. The third-order valence-electron chi connectivity index (χ3n) is 3.81. The van der Waals surface area contributed by atoms with Crippen LogP contribution in [0.25, 0.3) is 6.08 Å². The zero-order valence-corrected chi connectivity index (χ0v) is 15.2. The monoisotopic (exact) mass is 388 g/mol. The van der Waals surface area contributed by atoms with Gasteiger partial charge in [0.1, 0.15) is 0 Å². The Morgan fingerprint density at radius 2 is 1.88 bits per heavy atom. The van der Waals surface area contributed by atoms with Gasteiger partial charge in [0, 0.05) is 22.7 Å². The van der Waals surface area contributed by atoms with Crippen molar-refractivity contribution >= 4 is 46.3 Å². The first kappa shape index (κ1) is 18.2. The minimum Gasteiger partial charge on any atom is -0.268 e. The molecule has 8 heteroatoms. The zero-order chi connectivity index (χ0) is 18.8. The number of halogens is 1. The second-order valence-electron chi connectivity index (χ2n) is 5.72. The molecule has 26 heavy (non-hydrogen) atoms. The number of thioether (sulfide) groups is 1. The maximum Gasteiger partial charge on any atom is 0.293 e. The highest BCUT2D eigenvalue weighted by atomic mass is 35.5. The van der Waals surface area contributed by atoms with Gasteiger partial charge in [-0.3, -0.25) is 24.6 Å². The molecule has 0 atom stereocenters. The van der Waals surface area contributed by atoms with Crippen molar-refractivity contribution in [3.63, 3.8) is 0 Å². The fourth-order valence-corrected chi connectivity index (χ4v) is 3.41. The van der Waals surface area contributed by atoms with E-state index in [1.165, 1.54) is 24.3 Å². The van der Waals surface area contributed by atoms with Crippen molar-refractivity contribution in [3.8, 4) is 0 Å². The molecule has 1 aliphatic rings. The molecule has 6 nitrogen and oxygen atoms in total. The van der Waals surface area contributed by atoms with Crippen molar-refractivity contribution in [2.24, 2.45) is 0 Å². The number of nitro benzene ring substituents is 1. The number of carbonyl (C=O) groups excluding carboxylic acids is 2. The van der Waals surface area contributed by atoms with E-state index in [4.69, 9.17) is 11.6 Å². The van der Waals surface area contributed by atoms with Crippen LogP contribution in [0.2, 0.25) is 5.02 Å². The lowest BCUT2D eigenvalue weighted by atomic mass is 10.1. The van der Waals surface area contributed by atoms with Gasteiger partial charge in [0.15, 0.2) is 0 Å². The third-order valence-corrected chi connectivity index (χ3v) is 5.06. The highest BCUT2D eigenvalue weighted by molar-refractivity contribution is 8.18. The molecule has 0 bridgehead atoms. The molecule has 3 rings (SSSR count). The van der Waals surface area contributed by atoms with Crippen LogP contribution in [0.15, 0.2) is 47.4 Å². The predicted octanol–water partition coefficient (Wildman–Crippen LogP) is 4.79. The summed E-state index contributed by atoms with van der Waals surface area (Å²) in [6.45, 7) is 2.13. The van der Waals surface area contributed by atoms with Crippen LogP contribution in [0.5, 0.6) is 0 Å². The molecule has 0 aromatic heterocycles. The van der Waals surface area contributed by atoms with Gasteiger partial charge in [-0.05, 0) is 36.4 Å². The number of nitro groups is 1. The van der Waals surface area contributed by atoms with Gasteiger partial charge in [-0.25, -0.2) is 0 Å². The van der Waals surface area contributed by atoms with Gasteiger partial charge < -0.3 is 0 Å². The molecule has 132 valence electrons. The predicted molar refractivity (Wildman–Crippen MR) is 101 cm³/mol. The van der Waals surface area contributed by atoms with E-state index in [2.05, 4.69) is 0 Å². The summed E-state index contributed by atoms with van der Waals surface area (Å²) >= 11 is 6.85. The Hall–Kier alpha value is -2.64. The van der Waals surface area contributed by atoms with Crippen molar-refractivity contribution in [2.45, 2.75) is 13.5 Å². The van der Waals surface area contributed by atoms with Crippen LogP contribution in [0, 0.1) is 17.0 Å². The normalized spacial score (nSPS) is 15.8. The summed E-state index contributed by atoms with van der Waals surface area (Å²) in [6.07, 6.45) is 1.41. The van der Waals surface area contributed by atoms with Crippen molar-refractivity contribution in [2.75, 3.05) is 0 Å². The van der Waals surface area contributed by atoms with Crippen molar-refractivity contribution < 1.29 is 14.5 Å². The van der Waals surface area contributed by atoms with Crippen molar-refractivity contribution in [3.05, 3.63) is 79.2 Å². The van der Waals surface area contributed by atoms with Crippen LogP contribution in [0.3, 0.4) is 0 Å². The smallest absolute Gasteiger partial charge is 0.268 e. The summed E-state index contributed by atoms with van der Waals surface area (Å²) in [4.78, 5) is 36.5. The Morgan fingerprint density at radius 1 is 1.19 bits per heavy atom. The molecule has 1 fully saturated rings. The number of rotatable bonds is 4. The van der Waals surface area contributed by atoms with Crippen LogP contribution < -0.4 is 0 Å². The fourth-order valence-electron chi connectivity index (χ4n) is 2.41. The van der Waals surface area contributed by atoms with Gasteiger partial charge >= 0.3 is 0 Å². The molecule has 1 aliphatic heterocycles. The van der Waals surface area contributed by atoms with E-state index in [1.807, 2.05) is 31.2 Å². The lowest BCUT2D eigenvalue weighted by Gasteiger charge is -2.12. The van der Waals surface area contributed by atoms with Gasteiger partial charge in [-0.15, -0.1) is 0 Å². The Morgan fingerprint density at radius 3 is 2.54 bits per heavy atom. The minimum atomic E-state index is -0.545. The van der Waals surface area contributed by atoms with Gasteiger partial charge in [0.2, 0.25) is 0 Å². The van der Waals surface area contributed by atoms with Gasteiger partial charge in [0.05, 0.1) is 16.4 Å². The molecule has 1 saturated heterocycles.